The SMILES string of the molecule is CC(C)Oc1cccc(-c2cn3c(-c4ccccc4Cl)cnc3cn2)c1. The first-order valence-corrected chi connectivity index (χ1v) is 8.85. The smallest absolute Gasteiger partial charge is 0.155 e. The largest absolute Gasteiger partial charge is 0.491 e. The second-order valence-electron chi connectivity index (χ2n) is 6.32. The van der Waals surface area contributed by atoms with E-state index >= 15 is 0 Å². The summed E-state index contributed by atoms with van der Waals surface area (Å²) in [4.78, 5) is 9.00. The molecule has 0 saturated carbocycles. The second kappa shape index (κ2) is 6.81. The van der Waals surface area contributed by atoms with Crippen molar-refractivity contribution in [3.05, 3.63) is 72.1 Å². The van der Waals surface area contributed by atoms with Crippen LogP contribution in [0.4, 0.5) is 0 Å². The predicted octanol–water partition coefficient (Wildman–Crippen LogP) is 5.50. The van der Waals surface area contributed by atoms with Crippen molar-refractivity contribution in [2.45, 2.75) is 20.0 Å². The summed E-state index contributed by atoms with van der Waals surface area (Å²) in [6.45, 7) is 4.02. The highest BCUT2D eigenvalue weighted by Crippen LogP contribution is 2.29. The normalized spacial score (nSPS) is 11.2. The van der Waals surface area contributed by atoms with Gasteiger partial charge in [-0.15, -0.1) is 0 Å². The van der Waals surface area contributed by atoms with E-state index in [0.29, 0.717) is 5.02 Å². The van der Waals surface area contributed by atoms with E-state index in [1.54, 1.807) is 6.20 Å². The van der Waals surface area contributed by atoms with E-state index in [0.717, 1.165) is 33.9 Å². The minimum absolute atomic E-state index is 0.126. The first kappa shape index (κ1) is 16.6. The Bertz CT molecular complexity index is 1070. The zero-order valence-corrected chi connectivity index (χ0v) is 15.3. The van der Waals surface area contributed by atoms with Crippen LogP contribution in [0.25, 0.3) is 28.2 Å². The first-order valence-electron chi connectivity index (χ1n) is 8.47. The summed E-state index contributed by atoms with van der Waals surface area (Å²) in [6.07, 6.45) is 5.70. The monoisotopic (exact) mass is 363 g/mol. The number of halogens is 1. The molecule has 0 N–H and O–H groups in total. The van der Waals surface area contributed by atoms with Gasteiger partial charge in [0.05, 0.1) is 29.9 Å². The Labute approximate surface area is 157 Å². The maximum Gasteiger partial charge on any atom is 0.155 e. The molecule has 2 heterocycles. The number of benzene rings is 2. The molecule has 0 fully saturated rings. The molecule has 5 heteroatoms. The van der Waals surface area contributed by atoms with Gasteiger partial charge in [0.1, 0.15) is 5.75 Å². The molecule has 4 nitrogen and oxygen atoms in total. The van der Waals surface area contributed by atoms with Crippen LogP contribution in [0.3, 0.4) is 0 Å². The van der Waals surface area contributed by atoms with Gasteiger partial charge in [0.25, 0.3) is 0 Å². The van der Waals surface area contributed by atoms with Crippen LogP contribution in [0.15, 0.2) is 67.1 Å². The Morgan fingerprint density at radius 2 is 1.85 bits per heavy atom. The molecular weight excluding hydrogens is 346 g/mol. The summed E-state index contributed by atoms with van der Waals surface area (Å²) in [5.74, 6) is 0.830. The number of ether oxygens (including phenoxy) is 1. The van der Waals surface area contributed by atoms with Gasteiger partial charge in [0.15, 0.2) is 5.65 Å². The van der Waals surface area contributed by atoms with Gasteiger partial charge in [-0.05, 0) is 32.0 Å². The van der Waals surface area contributed by atoms with Crippen LogP contribution in [-0.2, 0) is 0 Å². The number of aromatic nitrogens is 3. The molecule has 4 rings (SSSR count). The average Bonchev–Trinajstić information content (AvgIpc) is 3.05. The summed E-state index contributed by atoms with van der Waals surface area (Å²) in [7, 11) is 0. The van der Waals surface area contributed by atoms with Crippen molar-refractivity contribution in [2.75, 3.05) is 0 Å². The molecule has 0 saturated heterocycles. The lowest BCUT2D eigenvalue weighted by Gasteiger charge is -2.11. The Hall–Kier alpha value is -2.85. The molecular formula is C21H18ClN3O. The van der Waals surface area contributed by atoms with Gasteiger partial charge >= 0.3 is 0 Å². The number of nitrogens with zero attached hydrogens (tertiary/aromatic N) is 3. The van der Waals surface area contributed by atoms with Crippen LogP contribution in [-0.4, -0.2) is 20.5 Å². The van der Waals surface area contributed by atoms with Crippen LogP contribution in [0.2, 0.25) is 5.02 Å². The number of hydrogen-bond acceptors (Lipinski definition) is 3. The lowest BCUT2D eigenvalue weighted by atomic mass is 10.1. The third-order valence-electron chi connectivity index (χ3n) is 4.05. The van der Waals surface area contributed by atoms with Crippen LogP contribution in [0.1, 0.15) is 13.8 Å². The van der Waals surface area contributed by atoms with Crippen LogP contribution in [0.5, 0.6) is 5.75 Å². The molecule has 2 aromatic heterocycles. The van der Waals surface area contributed by atoms with Crippen molar-refractivity contribution >= 4 is 17.2 Å². The summed E-state index contributed by atoms with van der Waals surface area (Å²) < 4.78 is 7.81. The molecule has 130 valence electrons. The van der Waals surface area contributed by atoms with Gasteiger partial charge < -0.3 is 4.74 Å². The van der Waals surface area contributed by atoms with Crippen molar-refractivity contribution in [1.29, 1.82) is 0 Å². The number of imidazole rings is 1. The van der Waals surface area contributed by atoms with Crippen molar-refractivity contribution in [3.8, 4) is 28.3 Å². The van der Waals surface area contributed by atoms with E-state index in [2.05, 4.69) is 9.97 Å². The predicted molar refractivity (Wildman–Crippen MR) is 105 cm³/mol. The minimum Gasteiger partial charge on any atom is -0.491 e. The zero-order chi connectivity index (χ0) is 18.1. The highest BCUT2D eigenvalue weighted by Gasteiger charge is 2.11. The van der Waals surface area contributed by atoms with Gasteiger partial charge in [-0.1, -0.05) is 41.9 Å². The summed E-state index contributed by atoms with van der Waals surface area (Å²) in [5, 5.41) is 0.694. The zero-order valence-electron chi connectivity index (χ0n) is 14.6. The molecule has 0 aliphatic carbocycles. The van der Waals surface area contributed by atoms with Gasteiger partial charge in [-0.3, -0.25) is 9.38 Å². The van der Waals surface area contributed by atoms with E-state index in [1.165, 1.54) is 0 Å². The summed E-state index contributed by atoms with van der Waals surface area (Å²) in [6, 6.07) is 15.7. The van der Waals surface area contributed by atoms with E-state index in [9.17, 15) is 0 Å². The maximum atomic E-state index is 6.37. The van der Waals surface area contributed by atoms with Crippen LogP contribution in [0, 0.1) is 0 Å². The third-order valence-corrected chi connectivity index (χ3v) is 4.38. The Morgan fingerprint density at radius 3 is 2.65 bits per heavy atom. The Balaban J connectivity index is 1.81. The Kier molecular flexibility index (Phi) is 4.35. The molecule has 26 heavy (non-hydrogen) atoms. The quantitative estimate of drug-likeness (QED) is 0.480. The molecule has 0 bridgehead atoms. The van der Waals surface area contributed by atoms with Crippen molar-refractivity contribution in [1.82, 2.24) is 14.4 Å². The van der Waals surface area contributed by atoms with E-state index in [1.807, 2.05) is 79.2 Å². The van der Waals surface area contributed by atoms with E-state index in [-0.39, 0.29) is 6.10 Å². The topological polar surface area (TPSA) is 39.4 Å². The molecule has 0 spiro atoms. The van der Waals surface area contributed by atoms with E-state index in [4.69, 9.17) is 16.3 Å². The fraction of sp³-hybridized carbons (Fsp3) is 0.143. The van der Waals surface area contributed by atoms with Crippen LogP contribution < -0.4 is 4.74 Å². The fourth-order valence-corrected chi connectivity index (χ4v) is 3.14. The Morgan fingerprint density at radius 1 is 1.00 bits per heavy atom. The third kappa shape index (κ3) is 3.16. The van der Waals surface area contributed by atoms with E-state index < -0.39 is 0 Å². The molecule has 0 amide bonds. The van der Waals surface area contributed by atoms with Gasteiger partial charge in [0, 0.05) is 22.3 Å². The number of rotatable bonds is 4. The fourth-order valence-electron chi connectivity index (χ4n) is 2.91. The average molecular weight is 364 g/mol. The molecule has 0 radical (unpaired) electrons. The number of fused-ring (bicyclic) bond motifs is 1. The molecule has 0 unspecified atom stereocenters. The molecule has 4 aromatic rings. The maximum absolute atomic E-state index is 6.37. The molecule has 2 aromatic carbocycles. The molecule has 0 aliphatic heterocycles. The van der Waals surface area contributed by atoms with Crippen LogP contribution >= 0.6 is 11.6 Å². The van der Waals surface area contributed by atoms with Crippen molar-refractivity contribution in [3.63, 3.8) is 0 Å². The summed E-state index contributed by atoms with van der Waals surface area (Å²) >= 11 is 6.37. The number of hydrogen-bond donors (Lipinski definition) is 0. The van der Waals surface area contributed by atoms with Gasteiger partial charge in [0.2, 0.25) is 0 Å². The molecule has 0 atom stereocenters. The summed E-state index contributed by atoms with van der Waals surface area (Å²) in [5.41, 5.74) is 4.49. The lowest BCUT2D eigenvalue weighted by Crippen LogP contribution is -2.05. The first-order chi connectivity index (χ1) is 12.6. The lowest BCUT2D eigenvalue weighted by molar-refractivity contribution is 0.242. The molecule has 0 aliphatic rings. The van der Waals surface area contributed by atoms with Gasteiger partial charge in [-0.25, -0.2) is 4.98 Å². The van der Waals surface area contributed by atoms with Gasteiger partial charge in [-0.2, -0.15) is 0 Å². The highest BCUT2D eigenvalue weighted by molar-refractivity contribution is 6.33. The van der Waals surface area contributed by atoms with Crippen molar-refractivity contribution < 1.29 is 4.74 Å². The minimum atomic E-state index is 0.126. The highest BCUT2D eigenvalue weighted by atomic mass is 35.5. The standard InChI is InChI=1S/C21H18ClN3O/c1-14(2)26-16-7-5-6-15(10-16)19-13-25-20(11-24-21(25)12-23-19)17-8-3-4-9-18(17)22/h3-14H,1-2H3. The van der Waals surface area contributed by atoms with Crippen molar-refractivity contribution in [2.24, 2.45) is 0 Å². The second-order valence-corrected chi connectivity index (χ2v) is 6.73.